The van der Waals surface area contributed by atoms with Crippen LogP contribution >= 0.6 is 22.7 Å². The van der Waals surface area contributed by atoms with Gasteiger partial charge < -0.3 is 0 Å². The van der Waals surface area contributed by atoms with Crippen molar-refractivity contribution in [3.8, 4) is 21.8 Å². The topological polar surface area (TPSA) is 51.6 Å². The predicted molar refractivity (Wildman–Crippen MR) is 135 cm³/mol. The summed E-state index contributed by atoms with van der Waals surface area (Å²) in [7, 11) is 0. The Morgan fingerprint density at radius 3 is 2.28 bits per heavy atom. The third kappa shape index (κ3) is 2.88. The van der Waals surface area contributed by atoms with Gasteiger partial charge in [0, 0.05) is 26.6 Å². The average Bonchev–Trinajstić information content (AvgIpc) is 3.58. The molecule has 2 aromatic carbocycles. The minimum Gasteiger partial charge on any atom is -0.249 e. The highest BCUT2D eigenvalue weighted by molar-refractivity contribution is 7.25. The molecule has 3 aliphatic rings. The number of hydrogen-bond acceptors (Lipinski definition) is 6. The van der Waals surface area contributed by atoms with Crippen LogP contribution in [0.2, 0.25) is 0 Å². The van der Waals surface area contributed by atoms with Crippen molar-refractivity contribution in [1.82, 2.24) is 19.9 Å². The lowest BCUT2D eigenvalue weighted by Gasteiger charge is -1.96. The Hall–Kier alpha value is -3.74. The molecule has 0 radical (unpaired) electrons. The largest absolute Gasteiger partial charge is 0.249 e. The second kappa shape index (κ2) is 6.88. The Balaban J connectivity index is 1.62. The lowest BCUT2D eigenvalue weighted by Crippen LogP contribution is -1.78. The van der Waals surface area contributed by atoms with E-state index in [2.05, 4.69) is 54.6 Å². The van der Waals surface area contributed by atoms with Gasteiger partial charge in [-0.2, -0.15) is 0 Å². The van der Waals surface area contributed by atoms with Crippen LogP contribution in [0.5, 0.6) is 0 Å². The lowest BCUT2D eigenvalue weighted by molar-refractivity contribution is 1.23. The van der Waals surface area contributed by atoms with Gasteiger partial charge in [-0.25, -0.2) is 19.9 Å². The van der Waals surface area contributed by atoms with E-state index in [1.54, 1.807) is 22.7 Å². The molecular formula is C26H14N4S2. The maximum atomic E-state index is 4.93. The molecule has 0 spiro atoms. The smallest absolute Gasteiger partial charge is 0.155 e. The first-order chi connectivity index (χ1) is 15.8. The van der Waals surface area contributed by atoms with Crippen LogP contribution in [-0.2, 0) is 0 Å². The average molecular weight is 447 g/mol. The molecule has 4 aromatic rings. The lowest BCUT2D eigenvalue weighted by atomic mass is 10.1. The SMILES string of the molecule is C1=Cc2cc3sc(nc4nc(sc5nc(cc1n2)-c1ccccc1-5)C=C4)c1ccccc31. The molecule has 2 aromatic heterocycles. The van der Waals surface area contributed by atoms with Crippen molar-refractivity contribution in [2.24, 2.45) is 0 Å². The highest BCUT2D eigenvalue weighted by atomic mass is 32.1. The summed E-state index contributed by atoms with van der Waals surface area (Å²) < 4.78 is 1.15. The van der Waals surface area contributed by atoms with Crippen LogP contribution in [0.1, 0.15) is 22.2 Å². The van der Waals surface area contributed by atoms with Crippen LogP contribution in [-0.4, -0.2) is 19.9 Å². The second-order valence-electron chi connectivity index (χ2n) is 7.60. The molecular weight excluding hydrogens is 432 g/mol. The van der Waals surface area contributed by atoms with Crippen molar-refractivity contribution in [3.05, 3.63) is 82.9 Å². The fourth-order valence-corrected chi connectivity index (χ4v) is 6.09. The predicted octanol–water partition coefficient (Wildman–Crippen LogP) is 7.12. The van der Waals surface area contributed by atoms with Gasteiger partial charge in [0.1, 0.15) is 14.8 Å². The third-order valence-electron chi connectivity index (χ3n) is 5.55. The number of hydrogen-bond donors (Lipinski definition) is 0. The minimum absolute atomic E-state index is 0.717. The van der Waals surface area contributed by atoms with E-state index in [9.17, 15) is 0 Å². The van der Waals surface area contributed by atoms with Gasteiger partial charge in [0.05, 0.1) is 17.1 Å². The molecule has 0 N–H and O–H groups in total. The zero-order valence-electron chi connectivity index (χ0n) is 16.7. The summed E-state index contributed by atoms with van der Waals surface area (Å²) in [6.45, 7) is 0. The summed E-state index contributed by atoms with van der Waals surface area (Å²) >= 11 is 3.25. The third-order valence-corrected chi connectivity index (χ3v) is 7.55. The van der Waals surface area contributed by atoms with Crippen LogP contribution in [0.4, 0.5) is 0 Å². The van der Waals surface area contributed by atoms with E-state index in [-0.39, 0.29) is 0 Å². The highest BCUT2D eigenvalue weighted by Gasteiger charge is 2.17. The number of nitrogens with zero attached hydrogens (tertiary/aromatic N) is 4. The summed E-state index contributed by atoms with van der Waals surface area (Å²) in [5, 5.41) is 4.16. The molecule has 150 valence electrons. The molecule has 4 nitrogen and oxygen atoms in total. The van der Waals surface area contributed by atoms with Gasteiger partial charge in [-0.05, 0) is 36.4 Å². The van der Waals surface area contributed by atoms with Crippen LogP contribution in [0.25, 0.3) is 66.4 Å². The number of aromatic nitrogens is 4. The van der Waals surface area contributed by atoms with Crippen molar-refractivity contribution in [3.63, 3.8) is 0 Å². The van der Waals surface area contributed by atoms with Crippen molar-refractivity contribution >= 4 is 67.3 Å². The van der Waals surface area contributed by atoms with Gasteiger partial charge >= 0.3 is 0 Å². The monoisotopic (exact) mass is 446 g/mol. The molecule has 3 aliphatic heterocycles. The Morgan fingerprint density at radius 1 is 0.594 bits per heavy atom. The Bertz CT molecular complexity index is 1570. The van der Waals surface area contributed by atoms with Crippen LogP contribution in [0, 0.1) is 0 Å². The number of fused-ring (bicyclic) bond motifs is 14. The van der Waals surface area contributed by atoms with E-state index >= 15 is 0 Å². The molecule has 8 bridgehead atoms. The fraction of sp³-hybridized carbons (Fsp3) is 0. The molecule has 0 amide bonds. The molecule has 0 aliphatic carbocycles. The standard InChI is InChI=1S/C26H14N4S2/c1-3-7-19-17(5-1)21-13-15-9-10-16(27-15)14-22-18-6-2-4-8-20(18)26(31-22)30-23-11-12-24(29-23)32-25(19)28-21/h1-14H. The fourth-order valence-electron chi connectivity index (χ4n) is 4.08. The van der Waals surface area contributed by atoms with Crippen LogP contribution in [0.15, 0.2) is 60.7 Å². The van der Waals surface area contributed by atoms with E-state index in [0.717, 1.165) is 59.0 Å². The van der Waals surface area contributed by atoms with Crippen molar-refractivity contribution in [2.45, 2.75) is 0 Å². The maximum Gasteiger partial charge on any atom is 0.155 e. The molecule has 0 unspecified atom stereocenters. The van der Waals surface area contributed by atoms with Crippen LogP contribution in [0.3, 0.4) is 0 Å². The summed E-state index contributed by atoms with van der Waals surface area (Å²) in [4.78, 5) is 20.4. The van der Waals surface area contributed by atoms with Crippen molar-refractivity contribution < 1.29 is 0 Å². The highest BCUT2D eigenvalue weighted by Crippen LogP contribution is 2.38. The van der Waals surface area contributed by atoms with Crippen LogP contribution < -0.4 is 0 Å². The maximum absolute atomic E-state index is 4.93. The van der Waals surface area contributed by atoms with Gasteiger partial charge in [-0.3, -0.25) is 0 Å². The summed E-state index contributed by atoms with van der Waals surface area (Å²) in [6, 6.07) is 20.9. The first-order valence-electron chi connectivity index (χ1n) is 10.2. The van der Waals surface area contributed by atoms with E-state index in [1.807, 2.05) is 30.4 Å². The Kier molecular flexibility index (Phi) is 3.85. The number of benzene rings is 2. The number of thiophene rings is 1. The molecule has 0 saturated heterocycles. The Morgan fingerprint density at radius 2 is 1.38 bits per heavy atom. The summed E-state index contributed by atoms with van der Waals surface area (Å²) in [6.07, 6.45) is 8.09. The van der Waals surface area contributed by atoms with E-state index in [0.29, 0.717) is 0 Å². The molecule has 0 fully saturated rings. The molecule has 0 atom stereocenters. The van der Waals surface area contributed by atoms with Gasteiger partial charge in [-0.15, -0.1) is 11.3 Å². The molecule has 6 heteroatoms. The van der Waals surface area contributed by atoms with Crippen molar-refractivity contribution in [1.29, 1.82) is 0 Å². The van der Waals surface area contributed by atoms with Gasteiger partial charge in [-0.1, -0.05) is 59.9 Å². The molecule has 7 rings (SSSR count). The zero-order valence-corrected chi connectivity index (χ0v) is 18.3. The normalized spacial score (nSPS) is 12.8. The number of rotatable bonds is 0. The van der Waals surface area contributed by atoms with Gasteiger partial charge in [0.25, 0.3) is 0 Å². The second-order valence-corrected chi connectivity index (χ2v) is 9.64. The summed E-state index contributed by atoms with van der Waals surface area (Å²) in [5.41, 5.74) is 5.02. The quantitative estimate of drug-likeness (QED) is 0.249. The minimum atomic E-state index is 0.717. The van der Waals surface area contributed by atoms with Crippen molar-refractivity contribution in [2.75, 3.05) is 0 Å². The van der Waals surface area contributed by atoms with E-state index in [4.69, 9.17) is 19.9 Å². The van der Waals surface area contributed by atoms with E-state index < -0.39 is 0 Å². The van der Waals surface area contributed by atoms with E-state index in [1.165, 1.54) is 5.39 Å². The van der Waals surface area contributed by atoms with Gasteiger partial charge in [0.15, 0.2) is 5.82 Å². The Labute approximate surface area is 191 Å². The zero-order chi connectivity index (χ0) is 21.1. The van der Waals surface area contributed by atoms with Gasteiger partial charge in [0.2, 0.25) is 0 Å². The molecule has 5 heterocycles. The first-order valence-corrected chi connectivity index (χ1v) is 11.9. The molecule has 0 saturated carbocycles. The first kappa shape index (κ1) is 17.9. The molecule has 32 heavy (non-hydrogen) atoms. The summed E-state index contributed by atoms with van der Waals surface area (Å²) in [5.74, 6) is 0.717.